The summed E-state index contributed by atoms with van der Waals surface area (Å²) >= 11 is 0. The summed E-state index contributed by atoms with van der Waals surface area (Å²) < 4.78 is 15.9. The van der Waals surface area contributed by atoms with Crippen molar-refractivity contribution in [1.82, 2.24) is 19.6 Å². The van der Waals surface area contributed by atoms with Gasteiger partial charge in [0, 0.05) is 37.0 Å². The summed E-state index contributed by atoms with van der Waals surface area (Å²) in [4.78, 5) is 16.8. The molecular formula is C22H25FN4O. The molecule has 1 heterocycles. The predicted molar refractivity (Wildman–Crippen MR) is 108 cm³/mol. The van der Waals surface area contributed by atoms with Crippen LogP contribution in [0, 0.1) is 12.7 Å². The van der Waals surface area contributed by atoms with Gasteiger partial charge in [-0.1, -0.05) is 18.2 Å². The smallest absolute Gasteiger partial charge is 0.254 e. The molecule has 0 N–H and O–H groups in total. The van der Waals surface area contributed by atoms with Crippen molar-refractivity contribution in [3.8, 4) is 5.69 Å². The van der Waals surface area contributed by atoms with Crippen LogP contribution in [0.3, 0.4) is 0 Å². The Morgan fingerprint density at radius 3 is 2.39 bits per heavy atom. The number of aromatic nitrogens is 2. The van der Waals surface area contributed by atoms with Gasteiger partial charge >= 0.3 is 0 Å². The van der Waals surface area contributed by atoms with Gasteiger partial charge < -0.3 is 9.80 Å². The third-order valence-electron chi connectivity index (χ3n) is 4.51. The molecule has 2 aromatic carbocycles. The molecule has 0 radical (unpaired) electrons. The van der Waals surface area contributed by atoms with E-state index >= 15 is 0 Å². The molecule has 1 amide bonds. The van der Waals surface area contributed by atoms with E-state index in [2.05, 4.69) is 5.10 Å². The van der Waals surface area contributed by atoms with E-state index in [-0.39, 0.29) is 18.3 Å². The van der Waals surface area contributed by atoms with Crippen LogP contribution < -0.4 is 0 Å². The Kier molecular flexibility index (Phi) is 6.21. The molecule has 3 rings (SSSR count). The first-order chi connectivity index (χ1) is 13.4. The highest BCUT2D eigenvalue weighted by atomic mass is 19.1. The molecule has 0 aliphatic rings. The van der Waals surface area contributed by atoms with E-state index in [4.69, 9.17) is 0 Å². The molecule has 0 spiro atoms. The second kappa shape index (κ2) is 8.80. The molecule has 0 atom stereocenters. The molecule has 28 heavy (non-hydrogen) atoms. The lowest BCUT2D eigenvalue weighted by Gasteiger charge is -2.25. The maximum Gasteiger partial charge on any atom is 0.254 e. The fourth-order valence-corrected chi connectivity index (χ4v) is 2.90. The maximum atomic E-state index is 14.1. The molecule has 5 nitrogen and oxygen atoms in total. The van der Waals surface area contributed by atoms with Gasteiger partial charge in [-0.05, 0) is 56.9 Å². The molecule has 0 saturated heterocycles. The van der Waals surface area contributed by atoms with Crippen LogP contribution in [0.1, 0.15) is 21.5 Å². The second-order valence-electron chi connectivity index (χ2n) is 7.13. The van der Waals surface area contributed by atoms with Crippen molar-refractivity contribution < 1.29 is 9.18 Å². The zero-order chi connectivity index (χ0) is 20.1. The molecule has 6 heteroatoms. The number of rotatable bonds is 7. The lowest BCUT2D eigenvalue weighted by Crippen LogP contribution is -2.36. The van der Waals surface area contributed by atoms with E-state index in [0.717, 1.165) is 11.3 Å². The molecule has 1 aromatic heterocycles. The number of halogens is 1. The topological polar surface area (TPSA) is 41.4 Å². The third kappa shape index (κ3) is 4.84. The van der Waals surface area contributed by atoms with E-state index in [1.165, 1.54) is 6.07 Å². The standard InChI is InChI=1S/C22H25FN4O/c1-17-14-24-27(15-17)20-10-8-18(9-11-20)22(28)26(13-12-25(2)3)16-19-6-4-5-7-21(19)23/h4-11,14-15H,12-13,16H2,1-3H3. The fraction of sp³-hybridized carbons (Fsp3) is 0.273. The minimum atomic E-state index is -0.297. The highest BCUT2D eigenvalue weighted by Crippen LogP contribution is 2.15. The normalized spacial score (nSPS) is 11.0. The van der Waals surface area contributed by atoms with Gasteiger partial charge in [-0.15, -0.1) is 0 Å². The van der Waals surface area contributed by atoms with E-state index in [0.29, 0.717) is 24.2 Å². The van der Waals surface area contributed by atoms with Crippen molar-refractivity contribution in [2.75, 3.05) is 27.2 Å². The summed E-state index contributed by atoms with van der Waals surface area (Å²) in [6.07, 6.45) is 3.72. The molecule has 3 aromatic rings. The van der Waals surface area contributed by atoms with E-state index in [1.807, 2.05) is 44.2 Å². The van der Waals surface area contributed by atoms with Gasteiger partial charge in [0.2, 0.25) is 0 Å². The summed E-state index contributed by atoms with van der Waals surface area (Å²) in [5, 5.41) is 4.28. The number of hydrogen-bond acceptors (Lipinski definition) is 3. The number of carbonyl (C=O) groups is 1. The van der Waals surface area contributed by atoms with Gasteiger partial charge in [0.25, 0.3) is 5.91 Å². The SMILES string of the molecule is Cc1cnn(-c2ccc(C(=O)N(CCN(C)C)Cc3ccccc3F)cc2)c1. The molecule has 0 aliphatic carbocycles. The Labute approximate surface area is 165 Å². The van der Waals surface area contributed by atoms with Crippen molar-refractivity contribution in [3.05, 3.63) is 83.4 Å². The molecule has 0 saturated carbocycles. The van der Waals surface area contributed by atoms with Gasteiger partial charge in [0.15, 0.2) is 0 Å². The van der Waals surface area contributed by atoms with Crippen LogP contribution in [0.2, 0.25) is 0 Å². The van der Waals surface area contributed by atoms with Crippen LogP contribution in [0.15, 0.2) is 60.9 Å². The monoisotopic (exact) mass is 380 g/mol. The zero-order valence-electron chi connectivity index (χ0n) is 16.5. The molecule has 146 valence electrons. The second-order valence-corrected chi connectivity index (χ2v) is 7.13. The number of carbonyl (C=O) groups excluding carboxylic acids is 1. The van der Waals surface area contributed by atoms with Crippen LogP contribution in [0.4, 0.5) is 4.39 Å². The Hall–Kier alpha value is -2.99. The summed E-state index contributed by atoms with van der Waals surface area (Å²) in [5.74, 6) is -0.414. The Morgan fingerprint density at radius 1 is 1.07 bits per heavy atom. The average molecular weight is 380 g/mol. The minimum Gasteiger partial charge on any atom is -0.333 e. The first-order valence-electron chi connectivity index (χ1n) is 9.23. The van der Waals surface area contributed by atoms with Gasteiger partial charge in [0.05, 0.1) is 11.9 Å². The Balaban J connectivity index is 1.80. The van der Waals surface area contributed by atoms with Crippen molar-refractivity contribution in [1.29, 1.82) is 0 Å². The highest BCUT2D eigenvalue weighted by Gasteiger charge is 2.18. The Morgan fingerprint density at radius 2 is 1.79 bits per heavy atom. The Bertz CT molecular complexity index is 934. The van der Waals surface area contributed by atoms with Crippen LogP contribution in [0.25, 0.3) is 5.69 Å². The number of aryl methyl sites for hydroxylation is 1. The number of benzene rings is 2. The van der Waals surface area contributed by atoms with Gasteiger partial charge in [0.1, 0.15) is 5.82 Å². The third-order valence-corrected chi connectivity index (χ3v) is 4.51. The molecule has 0 bridgehead atoms. The average Bonchev–Trinajstić information content (AvgIpc) is 3.12. The summed E-state index contributed by atoms with van der Waals surface area (Å²) in [5.41, 5.74) is 3.04. The molecule has 0 unspecified atom stereocenters. The van der Waals surface area contributed by atoms with Crippen molar-refractivity contribution in [2.24, 2.45) is 0 Å². The maximum absolute atomic E-state index is 14.1. The zero-order valence-corrected chi connectivity index (χ0v) is 16.5. The number of nitrogens with zero attached hydrogens (tertiary/aromatic N) is 4. The van der Waals surface area contributed by atoms with Gasteiger partial charge in [-0.3, -0.25) is 4.79 Å². The lowest BCUT2D eigenvalue weighted by atomic mass is 10.1. The summed E-state index contributed by atoms with van der Waals surface area (Å²) in [6, 6.07) is 13.9. The largest absolute Gasteiger partial charge is 0.333 e. The van der Waals surface area contributed by atoms with Gasteiger partial charge in [-0.25, -0.2) is 9.07 Å². The first kappa shape index (κ1) is 19.8. The summed E-state index contributed by atoms with van der Waals surface area (Å²) in [6.45, 7) is 3.43. The summed E-state index contributed by atoms with van der Waals surface area (Å²) in [7, 11) is 3.90. The number of hydrogen-bond donors (Lipinski definition) is 0. The van der Waals surface area contributed by atoms with Crippen LogP contribution >= 0.6 is 0 Å². The molecule has 0 fully saturated rings. The minimum absolute atomic E-state index is 0.117. The van der Waals surface area contributed by atoms with Crippen LogP contribution in [-0.2, 0) is 6.54 Å². The predicted octanol–water partition coefficient (Wildman–Crippen LogP) is 3.52. The van der Waals surface area contributed by atoms with E-state index in [9.17, 15) is 9.18 Å². The van der Waals surface area contributed by atoms with E-state index < -0.39 is 0 Å². The first-order valence-corrected chi connectivity index (χ1v) is 9.23. The van der Waals surface area contributed by atoms with Gasteiger partial charge in [-0.2, -0.15) is 5.10 Å². The molecule has 0 aliphatic heterocycles. The lowest BCUT2D eigenvalue weighted by molar-refractivity contribution is 0.0730. The highest BCUT2D eigenvalue weighted by molar-refractivity contribution is 5.94. The van der Waals surface area contributed by atoms with Crippen molar-refractivity contribution >= 4 is 5.91 Å². The fourth-order valence-electron chi connectivity index (χ4n) is 2.90. The number of likely N-dealkylation sites (N-methyl/N-ethyl adjacent to an activating group) is 1. The van der Waals surface area contributed by atoms with Crippen molar-refractivity contribution in [2.45, 2.75) is 13.5 Å². The van der Waals surface area contributed by atoms with Crippen LogP contribution in [-0.4, -0.2) is 52.7 Å². The molecular weight excluding hydrogens is 355 g/mol. The number of amides is 1. The van der Waals surface area contributed by atoms with Crippen molar-refractivity contribution in [3.63, 3.8) is 0 Å². The van der Waals surface area contributed by atoms with E-state index in [1.54, 1.807) is 46.1 Å². The quantitative estimate of drug-likeness (QED) is 0.630. The van der Waals surface area contributed by atoms with Crippen LogP contribution in [0.5, 0.6) is 0 Å².